The molecule has 6 heteroatoms. The summed E-state index contributed by atoms with van der Waals surface area (Å²) in [5.41, 5.74) is 4.30. The molecule has 0 bridgehead atoms. The molecule has 1 N–H and O–H groups in total. The molecule has 1 saturated heterocycles. The van der Waals surface area contributed by atoms with Gasteiger partial charge in [0.2, 0.25) is 0 Å². The van der Waals surface area contributed by atoms with E-state index in [1.807, 2.05) is 41.9 Å². The Morgan fingerprint density at radius 1 is 1.25 bits per heavy atom. The van der Waals surface area contributed by atoms with Crippen LogP contribution in [0.15, 0.2) is 48.0 Å². The maximum atomic E-state index is 13.0. The lowest BCUT2D eigenvalue weighted by molar-refractivity contribution is -0.0195. The molecule has 1 spiro atoms. The highest BCUT2D eigenvalue weighted by atomic mass is 32.1. The zero-order valence-corrected chi connectivity index (χ0v) is 16.7. The number of aromatic nitrogens is 1. The van der Waals surface area contributed by atoms with Gasteiger partial charge in [0, 0.05) is 30.6 Å². The molecule has 3 aromatic rings. The molecule has 1 amide bonds. The Kier molecular flexibility index (Phi) is 4.33. The first-order chi connectivity index (χ1) is 13.6. The van der Waals surface area contributed by atoms with Crippen molar-refractivity contribution in [2.75, 3.05) is 20.1 Å². The van der Waals surface area contributed by atoms with Crippen LogP contribution in [-0.2, 0) is 0 Å². The number of amides is 1. The second kappa shape index (κ2) is 6.87. The minimum absolute atomic E-state index is 0.0416. The van der Waals surface area contributed by atoms with E-state index in [-0.39, 0.29) is 17.6 Å². The second-order valence-electron chi connectivity index (χ2n) is 7.89. The molecular weight excluding hydrogens is 370 g/mol. The van der Waals surface area contributed by atoms with E-state index in [2.05, 4.69) is 28.3 Å². The molecule has 1 unspecified atom stereocenters. The van der Waals surface area contributed by atoms with E-state index in [0.717, 1.165) is 53.9 Å². The number of nitrogens with one attached hydrogen (secondary N) is 1. The minimum Gasteiger partial charge on any atom is -0.487 e. The Labute approximate surface area is 168 Å². The average Bonchev–Trinajstić information content (AvgIpc) is 3.18. The van der Waals surface area contributed by atoms with Crippen molar-refractivity contribution in [1.82, 2.24) is 15.2 Å². The molecule has 0 radical (unpaired) electrons. The van der Waals surface area contributed by atoms with Crippen molar-refractivity contribution in [3.8, 4) is 5.75 Å². The van der Waals surface area contributed by atoms with Crippen molar-refractivity contribution in [1.29, 1.82) is 0 Å². The molecule has 1 fully saturated rings. The number of hydrogen-bond donors (Lipinski definition) is 1. The van der Waals surface area contributed by atoms with Gasteiger partial charge in [-0.2, -0.15) is 0 Å². The van der Waals surface area contributed by atoms with Crippen molar-refractivity contribution in [2.45, 2.75) is 30.9 Å². The SMILES string of the molecule is CN1CCC2(CC1)CC(NC(=O)c1ccc3ncsc3c1)c1ccccc1O2. The molecular formula is C22H23N3O2S. The van der Waals surface area contributed by atoms with Crippen LogP contribution in [0.4, 0.5) is 0 Å². The van der Waals surface area contributed by atoms with E-state index < -0.39 is 0 Å². The molecule has 5 rings (SSSR count). The Morgan fingerprint density at radius 2 is 2.07 bits per heavy atom. The molecule has 5 nitrogen and oxygen atoms in total. The maximum absolute atomic E-state index is 13.0. The van der Waals surface area contributed by atoms with Crippen LogP contribution in [0.1, 0.15) is 41.2 Å². The number of rotatable bonds is 2. The number of fused-ring (bicyclic) bond motifs is 2. The zero-order valence-electron chi connectivity index (χ0n) is 15.9. The number of carbonyl (C=O) groups excluding carboxylic acids is 1. The number of para-hydroxylation sites is 1. The van der Waals surface area contributed by atoms with E-state index in [1.54, 1.807) is 11.3 Å². The fraction of sp³-hybridized carbons (Fsp3) is 0.364. The van der Waals surface area contributed by atoms with Gasteiger partial charge >= 0.3 is 0 Å². The number of piperidine rings is 1. The number of benzene rings is 2. The van der Waals surface area contributed by atoms with E-state index in [0.29, 0.717) is 5.56 Å². The van der Waals surface area contributed by atoms with Crippen LogP contribution in [0.25, 0.3) is 10.2 Å². The Bertz CT molecular complexity index is 1020. The van der Waals surface area contributed by atoms with Gasteiger partial charge in [0.15, 0.2) is 0 Å². The van der Waals surface area contributed by atoms with Gasteiger partial charge in [-0.05, 0) is 44.2 Å². The van der Waals surface area contributed by atoms with E-state index in [1.165, 1.54) is 0 Å². The molecule has 144 valence electrons. The number of hydrogen-bond acceptors (Lipinski definition) is 5. The number of nitrogens with zero attached hydrogens (tertiary/aromatic N) is 2. The number of likely N-dealkylation sites (tertiary alicyclic amines) is 1. The fourth-order valence-electron chi connectivity index (χ4n) is 4.32. The van der Waals surface area contributed by atoms with Gasteiger partial charge < -0.3 is 15.0 Å². The van der Waals surface area contributed by atoms with Gasteiger partial charge in [-0.3, -0.25) is 4.79 Å². The molecule has 0 aliphatic carbocycles. The quantitative estimate of drug-likeness (QED) is 0.715. The lowest BCUT2D eigenvalue weighted by Crippen LogP contribution is -2.51. The highest BCUT2D eigenvalue weighted by Gasteiger charge is 2.43. The van der Waals surface area contributed by atoms with Crippen molar-refractivity contribution in [3.05, 3.63) is 59.1 Å². The summed E-state index contributed by atoms with van der Waals surface area (Å²) in [6.07, 6.45) is 2.78. The lowest BCUT2D eigenvalue weighted by Gasteiger charge is -2.46. The van der Waals surface area contributed by atoms with Crippen LogP contribution in [0.5, 0.6) is 5.75 Å². The normalized spacial score (nSPS) is 21.2. The Balaban J connectivity index is 1.43. The number of thiazole rings is 1. The Morgan fingerprint density at radius 3 is 2.93 bits per heavy atom. The van der Waals surface area contributed by atoms with Gasteiger partial charge in [0.25, 0.3) is 5.91 Å². The third-order valence-corrected chi connectivity index (χ3v) is 6.79. The largest absolute Gasteiger partial charge is 0.487 e. The summed E-state index contributed by atoms with van der Waals surface area (Å²) in [6, 6.07) is 13.8. The number of carbonyl (C=O) groups is 1. The molecule has 2 aliphatic rings. The standard InChI is InChI=1S/C22H23N3O2S/c1-25-10-8-22(9-11-25)13-18(16-4-2-3-5-19(16)27-22)24-21(26)15-6-7-17-20(12-15)28-14-23-17/h2-7,12,14,18H,8-11,13H2,1H3,(H,24,26). The smallest absolute Gasteiger partial charge is 0.251 e. The molecule has 2 aromatic carbocycles. The summed E-state index contributed by atoms with van der Waals surface area (Å²) >= 11 is 1.56. The van der Waals surface area contributed by atoms with Gasteiger partial charge in [-0.1, -0.05) is 18.2 Å². The van der Waals surface area contributed by atoms with Crippen molar-refractivity contribution in [3.63, 3.8) is 0 Å². The molecule has 2 aliphatic heterocycles. The number of ether oxygens (including phenoxy) is 1. The van der Waals surface area contributed by atoms with Crippen molar-refractivity contribution >= 4 is 27.5 Å². The summed E-state index contributed by atoms with van der Waals surface area (Å²) in [5.74, 6) is 0.863. The van der Waals surface area contributed by atoms with Crippen LogP contribution in [0.3, 0.4) is 0 Å². The molecule has 1 atom stereocenters. The molecule has 1 aromatic heterocycles. The van der Waals surface area contributed by atoms with Crippen LogP contribution < -0.4 is 10.1 Å². The topological polar surface area (TPSA) is 54.5 Å². The van der Waals surface area contributed by atoms with Crippen LogP contribution in [0, 0.1) is 0 Å². The molecule has 3 heterocycles. The maximum Gasteiger partial charge on any atom is 0.251 e. The van der Waals surface area contributed by atoms with Crippen molar-refractivity contribution in [2.24, 2.45) is 0 Å². The first-order valence-electron chi connectivity index (χ1n) is 9.73. The monoisotopic (exact) mass is 393 g/mol. The van der Waals surface area contributed by atoms with Crippen molar-refractivity contribution < 1.29 is 9.53 Å². The van der Waals surface area contributed by atoms with Crippen LogP contribution in [0.2, 0.25) is 0 Å². The van der Waals surface area contributed by atoms with Gasteiger partial charge in [-0.15, -0.1) is 11.3 Å². The van der Waals surface area contributed by atoms with E-state index >= 15 is 0 Å². The Hall–Kier alpha value is -2.44. The first-order valence-corrected chi connectivity index (χ1v) is 10.6. The summed E-state index contributed by atoms with van der Waals surface area (Å²) < 4.78 is 7.52. The summed E-state index contributed by atoms with van der Waals surface area (Å²) in [4.78, 5) is 19.7. The fourth-order valence-corrected chi connectivity index (χ4v) is 5.03. The van der Waals surface area contributed by atoms with E-state index in [4.69, 9.17) is 4.74 Å². The lowest BCUT2D eigenvalue weighted by atomic mass is 9.80. The minimum atomic E-state index is -0.194. The second-order valence-corrected chi connectivity index (χ2v) is 8.78. The predicted molar refractivity (Wildman–Crippen MR) is 111 cm³/mol. The third kappa shape index (κ3) is 3.16. The summed E-state index contributed by atoms with van der Waals surface area (Å²) in [5, 5.41) is 3.28. The van der Waals surface area contributed by atoms with Gasteiger partial charge in [0.1, 0.15) is 11.4 Å². The van der Waals surface area contributed by atoms with Gasteiger partial charge in [-0.25, -0.2) is 4.98 Å². The van der Waals surface area contributed by atoms with E-state index in [9.17, 15) is 4.79 Å². The zero-order chi connectivity index (χ0) is 19.1. The highest BCUT2D eigenvalue weighted by molar-refractivity contribution is 7.16. The van der Waals surface area contributed by atoms with Gasteiger partial charge in [0.05, 0.1) is 21.8 Å². The summed E-state index contributed by atoms with van der Waals surface area (Å²) in [7, 11) is 2.15. The third-order valence-electron chi connectivity index (χ3n) is 5.99. The van der Waals surface area contributed by atoms with Crippen LogP contribution in [-0.4, -0.2) is 41.5 Å². The predicted octanol–water partition coefficient (Wildman–Crippen LogP) is 4.01. The highest BCUT2D eigenvalue weighted by Crippen LogP contribution is 2.44. The van der Waals surface area contributed by atoms with Crippen LogP contribution >= 0.6 is 11.3 Å². The first kappa shape index (κ1) is 17.6. The molecule has 0 saturated carbocycles. The summed E-state index contributed by atoms with van der Waals surface area (Å²) in [6.45, 7) is 2.04. The molecule has 28 heavy (non-hydrogen) atoms. The average molecular weight is 394 g/mol.